The molecule has 2 aliphatic carbocycles. The van der Waals surface area contributed by atoms with Crippen molar-refractivity contribution in [1.82, 2.24) is 0 Å². The Morgan fingerprint density at radius 3 is 2.03 bits per heavy atom. The number of ether oxygens (including phenoxy) is 3. The Morgan fingerprint density at radius 2 is 1.50 bits per heavy atom. The van der Waals surface area contributed by atoms with Gasteiger partial charge in [0.2, 0.25) is 0 Å². The molecule has 13 heteroatoms. The summed E-state index contributed by atoms with van der Waals surface area (Å²) < 4.78 is 72.9. The van der Waals surface area contributed by atoms with Crippen LogP contribution in [0.25, 0.3) is 0 Å². The van der Waals surface area contributed by atoms with Crippen LogP contribution in [0.5, 0.6) is 0 Å². The first kappa shape index (κ1) is 27.3. The van der Waals surface area contributed by atoms with Gasteiger partial charge < -0.3 is 29.5 Å². The number of carbonyl (C=O) groups excluding carboxylic acids is 1. The molecule has 0 bridgehead atoms. The van der Waals surface area contributed by atoms with Gasteiger partial charge in [-0.1, -0.05) is 38.5 Å². The first-order valence-corrected chi connectivity index (χ1v) is 12.2. The second kappa shape index (κ2) is 11.4. The van der Waals surface area contributed by atoms with Gasteiger partial charge in [0.15, 0.2) is 6.29 Å². The molecule has 0 aromatic heterocycles. The molecule has 0 aromatic carbocycles. The Kier molecular flexibility index (Phi) is 9.76. The highest BCUT2D eigenvalue weighted by molar-refractivity contribution is 7.86. The number of aliphatic hydroxyl groups excluding tert-OH is 1. The minimum Gasteiger partial charge on any atom is -0.463 e. The molecule has 4 N–H and O–H groups in total. The zero-order valence-corrected chi connectivity index (χ0v) is 18.5. The van der Waals surface area contributed by atoms with Crippen LogP contribution in [0.1, 0.15) is 64.2 Å². The molecule has 0 radical (unpaired) electrons. The average Bonchev–Trinajstić information content (AvgIpc) is 2.75. The summed E-state index contributed by atoms with van der Waals surface area (Å²) in [5, 5.41) is 23.7. The highest BCUT2D eigenvalue weighted by Crippen LogP contribution is 2.33. The number of esters is 1. The molecule has 2 aliphatic rings. The maximum Gasteiger partial charge on any atom is 0.428 e. The molecule has 188 valence electrons. The number of alkyl halides is 2. The van der Waals surface area contributed by atoms with Gasteiger partial charge in [0.05, 0.1) is 12.5 Å². The third-order valence-electron chi connectivity index (χ3n) is 5.92. The predicted molar refractivity (Wildman–Crippen MR) is 105 cm³/mol. The van der Waals surface area contributed by atoms with Gasteiger partial charge in [-0.2, -0.15) is 17.2 Å². The van der Waals surface area contributed by atoms with E-state index in [0.717, 1.165) is 38.5 Å². The van der Waals surface area contributed by atoms with Gasteiger partial charge in [-0.15, -0.1) is 0 Å². The molecule has 10 nitrogen and oxygen atoms in total. The van der Waals surface area contributed by atoms with Crippen LogP contribution in [0.2, 0.25) is 0 Å². The summed E-state index contributed by atoms with van der Waals surface area (Å²) in [4.78, 5) is 12.3. The van der Waals surface area contributed by atoms with E-state index in [2.05, 4.69) is 4.74 Å². The molecule has 2 fully saturated rings. The van der Waals surface area contributed by atoms with Crippen LogP contribution in [-0.2, 0) is 29.1 Å². The molecular formula is C19H32F2O10S. The lowest BCUT2D eigenvalue weighted by Crippen LogP contribution is -2.56. The lowest BCUT2D eigenvalue weighted by molar-refractivity contribution is -0.368. The molecule has 2 rings (SSSR count). The Balaban J connectivity index is 2.02. The normalized spacial score (nSPS) is 21.8. The zero-order valence-electron chi connectivity index (χ0n) is 17.7. The summed E-state index contributed by atoms with van der Waals surface area (Å²) in [7, 11) is -6.03. The number of rotatable bonds is 11. The predicted octanol–water partition coefficient (Wildman–Crippen LogP) is 1.53. The molecular weight excluding hydrogens is 458 g/mol. The van der Waals surface area contributed by atoms with Crippen LogP contribution in [0.15, 0.2) is 0 Å². The van der Waals surface area contributed by atoms with Crippen LogP contribution in [0, 0.1) is 11.8 Å². The Labute approximate surface area is 185 Å². The van der Waals surface area contributed by atoms with E-state index < -0.39 is 52.9 Å². The van der Waals surface area contributed by atoms with Crippen molar-refractivity contribution in [1.29, 1.82) is 0 Å². The Morgan fingerprint density at radius 1 is 0.969 bits per heavy atom. The topological polar surface area (TPSA) is 160 Å². The molecule has 0 saturated heterocycles. The number of aliphatic hydroxyl groups is 3. The number of halogens is 2. The van der Waals surface area contributed by atoms with Crippen LogP contribution in [0.4, 0.5) is 8.78 Å². The van der Waals surface area contributed by atoms with Crippen molar-refractivity contribution in [2.24, 2.45) is 11.8 Å². The Bertz CT molecular complexity index is 703. The zero-order chi connectivity index (χ0) is 24.0. The summed E-state index contributed by atoms with van der Waals surface area (Å²) in [5.41, 5.74) is 0. The lowest BCUT2D eigenvalue weighted by atomic mass is 9.89. The standard InChI is InChI=1S/C19H32F2O10S/c20-18(21,19(24,25)32(26,27)28)30-12-15(31-17(23)14-9-5-2-6-10-14)11-29-16(22)13-7-3-1-4-8-13/h13-15,17,23-25H,1-12H2,(H,26,27,28). The van der Waals surface area contributed by atoms with Gasteiger partial charge in [-0.05, 0) is 25.7 Å². The van der Waals surface area contributed by atoms with E-state index in [1.807, 2.05) is 0 Å². The lowest BCUT2D eigenvalue weighted by Gasteiger charge is -2.32. The molecule has 0 aromatic rings. The van der Waals surface area contributed by atoms with Crippen molar-refractivity contribution in [3.05, 3.63) is 0 Å². The molecule has 0 amide bonds. The van der Waals surface area contributed by atoms with E-state index in [4.69, 9.17) is 24.2 Å². The van der Waals surface area contributed by atoms with Crippen LogP contribution in [-0.4, -0.2) is 71.1 Å². The summed E-state index contributed by atoms with van der Waals surface area (Å²) in [6.45, 7) is -1.74. The van der Waals surface area contributed by atoms with Crippen molar-refractivity contribution in [3.8, 4) is 0 Å². The highest BCUT2D eigenvalue weighted by atomic mass is 32.2. The summed E-state index contributed by atoms with van der Waals surface area (Å²) in [6.07, 6.45) is 0.00665. The van der Waals surface area contributed by atoms with Gasteiger partial charge in [-0.25, -0.2) is 0 Å². The molecule has 2 saturated carbocycles. The SMILES string of the molecule is O=C(OCC(COC(F)(F)C(O)(O)S(=O)(=O)O)OC(O)C1CCCCC1)C1CCCCC1. The number of hydrogen-bond acceptors (Lipinski definition) is 9. The van der Waals surface area contributed by atoms with Gasteiger partial charge in [0, 0.05) is 5.92 Å². The fourth-order valence-corrected chi connectivity index (χ4v) is 4.29. The van der Waals surface area contributed by atoms with E-state index in [1.54, 1.807) is 0 Å². The maximum absolute atomic E-state index is 14.0. The van der Waals surface area contributed by atoms with Crippen molar-refractivity contribution in [3.63, 3.8) is 0 Å². The van der Waals surface area contributed by atoms with Crippen LogP contribution < -0.4 is 0 Å². The van der Waals surface area contributed by atoms with Gasteiger partial charge in [-0.3, -0.25) is 9.35 Å². The first-order chi connectivity index (χ1) is 14.8. The third kappa shape index (κ3) is 7.27. The summed E-state index contributed by atoms with van der Waals surface area (Å²) in [5.74, 6) is -1.15. The fourth-order valence-electron chi connectivity index (χ4n) is 3.93. The highest BCUT2D eigenvalue weighted by Gasteiger charge is 2.63. The molecule has 32 heavy (non-hydrogen) atoms. The van der Waals surface area contributed by atoms with Gasteiger partial charge in [0.1, 0.15) is 12.7 Å². The molecule has 0 spiro atoms. The van der Waals surface area contributed by atoms with E-state index >= 15 is 0 Å². The molecule has 2 atom stereocenters. The smallest absolute Gasteiger partial charge is 0.428 e. The minimum absolute atomic E-state index is 0.270. The van der Waals surface area contributed by atoms with Crippen molar-refractivity contribution >= 4 is 16.1 Å². The van der Waals surface area contributed by atoms with E-state index in [9.17, 15) is 27.1 Å². The van der Waals surface area contributed by atoms with Gasteiger partial charge >= 0.3 is 27.3 Å². The third-order valence-corrected chi connectivity index (χ3v) is 6.88. The molecule has 2 unspecified atom stereocenters. The summed E-state index contributed by atoms with van der Waals surface area (Å²) in [6, 6.07) is 0. The monoisotopic (exact) mass is 490 g/mol. The quantitative estimate of drug-likeness (QED) is 0.190. The first-order valence-electron chi connectivity index (χ1n) is 10.8. The van der Waals surface area contributed by atoms with Crippen molar-refractivity contribution < 1.29 is 56.1 Å². The number of carbonyl (C=O) groups is 1. The maximum atomic E-state index is 14.0. The molecule has 0 aliphatic heterocycles. The van der Waals surface area contributed by atoms with E-state index in [0.29, 0.717) is 25.7 Å². The van der Waals surface area contributed by atoms with Gasteiger partial charge in [0.25, 0.3) is 0 Å². The van der Waals surface area contributed by atoms with Crippen LogP contribution in [0.3, 0.4) is 0 Å². The minimum atomic E-state index is -6.03. The van der Waals surface area contributed by atoms with Crippen molar-refractivity contribution in [2.45, 2.75) is 87.8 Å². The largest absolute Gasteiger partial charge is 0.463 e. The number of hydrogen-bond donors (Lipinski definition) is 4. The second-order valence-corrected chi connectivity index (χ2v) is 9.94. The fraction of sp³-hybridized carbons (Fsp3) is 0.947. The van der Waals surface area contributed by atoms with E-state index in [-0.39, 0.29) is 11.8 Å². The van der Waals surface area contributed by atoms with Crippen molar-refractivity contribution in [2.75, 3.05) is 13.2 Å². The Hall–Kier alpha value is -0.960. The van der Waals surface area contributed by atoms with Crippen LogP contribution >= 0.6 is 0 Å². The van der Waals surface area contributed by atoms with E-state index in [1.165, 1.54) is 0 Å². The molecule has 0 heterocycles. The average molecular weight is 491 g/mol. The second-order valence-electron chi connectivity index (χ2n) is 8.42. The summed E-state index contributed by atoms with van der Waals surface area (Å²) >= 11 is 0.